The number of carbonyl (C=O) groups is 2. The minimum Gasteiger partial charge on any atom is -0.481 e. The van der Waals surface area contributed by atoms with Crippen molar-refractivity contribution in [1.29, 1.82) is 0 Å². The molecule has 2 atom stereocenters. The number of nitrogens with zero attached hydrogens (tertiary/aromatic N) is 1. The Bertz CT molecular complexity index is 375. The van der Waals surface area contributed by atoms with Gasteiger partial charge in [-0.3, -0.25) is 9.59 Å². The van der Waals surface area contributed by atoms with Crippen molar-refractivity contribution in [3.8, 4) is 0 Å². The lowest BCUT2D eigenvalue weighted by molar-refractivity contribution is -0.150. The van der Waals surface area contributed by atoms with Gasteiger partial charge in [0.2, 0.25) is 5.91 Å². The Morgan fingerprint density at radius 1 is 1.25 bits per heavy atom. The molecule has 0 aromatic heterocycles. The molecule has 114 valence electrons. The van der Waals surface area contributed by atoms with Gasteiger partial charge in [-0.25, -0.2) is 0 Å². The van der Waals surface area contributed by atoms with Gasteiger partial charge in [-0.2, -0.15) is 0 Å². The van der Waals surface area contributed by atoms with Crippen LogP contribution in [0, 0.1) is 17.3 Å². The third-order valence-electron chi connectivity index (χ3n) is 4.93. The zero-order chi connectivity index (χ0) is 14.8. The predicted molar refractivity (Wildman–Crippen MR) is 76.3 cm³/mol. The summed E-state index contributed by atoms with van der Waals surface area (Å²) in [5.41, 5.74) is -0.409. The van der Waals surface area contributed by atoms with Gasteiger partial charge in [0.25, 0.3) is 0 Å². The first-order valence-corrected chi connectivity index (χ1v) is 7.66. The quantitative estimate of drug-likeness (QED) is 0.819. The van der Waals surface area contributed by atoms with E-state index in [1.165, 1.54) is 0 Å². The summed E-state index contributed by atoms with van der Waals surface area (Å²) in [5, 5.41) is 12.5. The highest BCUT2D eigenvalue weighted by Gasteiger charge is 2.41. The standard InChI is InChI=1S/C15H26N2O3/c1-15(2,12-6-3-7-16-9-12)14(20)17-8-4-5-11(10-17)13(18)19/h11-12,16H,3-10H2,1-2H3,(H,18,19)/t11-,12?/m0/s1. The van der Waals surface area contributed by atoms with Gasteiger partial charge in [0, 0.05) is 18.5 Å². The molecule has 1 unspecified atom stereocenters. The number of carboxylic acids is 1. The number of nitrogens with one attached hydrogen (secondary N) is 1. The highest BCUT2D eigenvalue weighted by Crippen LogP contribution is 2.34. The van der Waals surface area contributed by atoms with E-state index >= 15 is 0 Å². The molecule has 2 rings (SSSR count). The van der Waals surface area contributed by atoms with Crippen LogP contribution < -0.4 is 5.32 Å². The molecule has 0 spiro atoms. The van der Waals surface area contributed by atoms with Crippen LogP contribution in [0.5, 0.6) is 0 Å². The van der Waals surface area contributed by atoms with Gasteiger partial charge in [0.1, 0.15) is 0 Å². The number of likely N-dealkylation sites (tertiary alicyclic amines) is 1. The molecule has 0 aromatic rings. The molecule has 5 nitrogen and oxygen atoms in total. The summed E-state index contributed by atoms with van der Waals surface area (Å²) in [6.45, 7) is 7.01. The lowest BCUT2D eigenvalue weighted by Gasteiger charge is -2.41. The lowest BCUT2D eigenvalue weighted by Crippen LogP contribution is -2.52. The molecule has 20 heavy (non-hydrogen) atoms. The minimum atomic E-state index is -0.778. The minimum absolute atomic E-state index is 0.122. The Kier molecular flexibility index (Phi) is 4.68. The van der Waals surface area contributed by atoms with Crippen molar-refractivity contribution in [3.63, 3.8) is 0 Å². The summed E-state index contributed by atoms with van der Waals surface area (Å²) in [5.74, 6) is -0.710. The molecule has 0 radical (unpaired) electrons. The van der Waals surface area contributed by atoms with E-state index < -0.39 is 17.3 Å². The molecule has 2 aliphatic rings. The van der Waals surface area contributed by atoms with Crippen LogP contribution in [0.2, 0.25) is 0 Å². The Labute approximate surface area is 120 Å². The van der Waals surface area contributed by atoms with E-state index in [9.17, 15) is 9.59 Å². The Morgan fingerprint density at radius 3 is 2.60 bits per heavy atom. The molecule has 2 saturated heterocycles. The molecule has 0 aromatic carbocycles. The highest BCUT2D eigenvalue weighted by atomic mass is 16.4. The average Bonchev–Trinajstić information content (AvgIpc) is 2.47. The second kappa shape index (κ2) is 6.12. The summed E-state index contributed by atoms with van der Waals surface area (Å²) in [4.78, 5) is 25.7. The lowest BCUT2D eigenvalue weighted by atomic mass is 9.73. The molecule has 2 heterocycles. The fourth-order valence-corrected chi connectivity index (χ4v) is 3.41. The monoisotopic (exact) mass is 282 g/mol. The van der Waals surface area contributed by atoms with E-state index in [-0.39, 0.29) is 5.91 Å². The van der Waals surface area contributed by atoms with Crippen molar-refractivity contribution in [1.82, 2.24) is 10.2 Å². The Morgan fingerprint density at radius 2 is 2.00 bits per heavy atom. The maximum atomic E-state index is 12.8. The van der Waals surface area contributed by atoms with Crippen molar-refractivity contribution in [2.24, 2.45) is 17.3 Å². The molecule has 1 amide bonds. The fraction of sp³-hybridized carbons (Fsp3) is 0.867. The Hall–Kier alpha value is -1.10. The van der Waals surface area contributed by atoms with Crippen LogP contribution >= 0.6 is 0 Å². The second-order valence-corrected chi connectivity index (χ2v) is 6.69. The largest absolute Gasteiger partial charge is 0.481 e. The first-order chi connectivity index (χ1) is 9.43. The summed E-state index contributed by atoms with van der Waals surface area (Å²) in [6, 6.07) is 0. The van der Waals surface area contributed by atoms with Crippen LogP contribution in [0.3, 0.4) is 0 Å². The molecule has 2 aliphatic heterocycles. The maximum Gasteiger partial charge on any atom is 0.308 e. The van der Waals surface area contributed by atoms with Crippen LogP contribution in [0.4, 0.5) is 0 Å². The summed E-state index contributed by atoms with van der Waals surface area (Å²) >= 11 is 0. The predicted octanol–water partition coefficient (Wildman–Crippen LogP) is 1.34. The number of carboxylic acid groups (broad SMARTS) is 1. The van der Waals surface area contributed by atoms with Crippen molar-refractivity contribution >= 4 is 11.9 Å². The molecule has 0 aliphatic carbocycles. The van der Waals surface area contributed by atoms with Gasteiger partial charge < -0.3 is 15.3 Å². The molecule has 0 saturated carbocycles. The van der Waals surface area contributed by atoms with Gasteiger partial charge in [0.15, 0.2) is 0 Å². The molecule has 2 fully saturated rings. The average molecular weight is 282 g/mol. The summed E-state index contributed by atoms with van der Waals surface area (Å²) in [7, 11) is 0. The van der Waals surface area contributed by atoms with Gasteiger partial charge in [-0.05, 0) is 44.7 Å². The van der Waals surface area contributed by atoms with E-state index in [0.29, 0.717) is 25.4 Å². The number of hydrogen-bond acceptors (Lipinski definition) is 3. The second-order valence-electron chi connectivity index (χ2n) is 6.69. The highest BCUT2D eigenvalue weighted by molar-refractivity contribution is 5.83. The van der Waals surface area contributed by atoms with Crippen molar-refractivity contribution in [2.45, 2.75) is 39.5 Å². The van der Waals surface area contributed by atoms with Crippen molar-refractivity contribution in [3.05, 3.63) is 0 Å². The van der Waals surface area contributed by atoms with Crippen LogP contribution in [0.25, 0.3) is 0 Å². The van der Waals surface area contributed by atoms with Gasteiger partial charge in [-0.15, -0.1) is 0 Å². The number of piperidine rings is 2. The van der Waals surface area contributed by atoms with Gasteiger partial charge >= 0.3 is 5.97 Å². The SMILES string of the molecule is CC(C)(C(=O)N1CCC[C@H](C(=O)O)C1)C1CCCNC1. The number of amides is 1. The first-order valence-electron chi connectivity index (χ1n) is 7.66. The van der Waals surface area contributed by atoms with Crippen LogP contribution in [0.1, 0.15) is 39.5 Å². The normalized spacial score (nSPS) is 28.2. The van der Waals surface area contributed by atoms with E-state index in [0.717, 1.165) is 32.4 Å². The number of hydrogen-bond donors (Lipinski definition) is 2. The molecule has 0 bridgehead atoms. The van der Waals surface area contributed by atoms with Crippen LogP contribution in [0.15, 0.2) is 0 Å². The Balaban J connectivity index is 2.03. The zero-order valence-electron chi connectivity index (χ0n) is 12.5. The van der Waals surface area contributed by atoms with Crippen LogP contribution in [-0.4, -0.2) is 48.1 Å². The summed E-state index contributed by atoms with van der Waals surface area (Å²) in [6.07, 6.45) is 3.66. The van der Waals surface area contributed by atoms with E-state index in [2.05, 4.69) is 5.32 Å². The zero-order valence-corrected chi connectivity index (χ0v) is 12.5. The van der Waals surface area contributed by atoms with Crippen molar-refractivity contribution < 1.29 is 14.7 Å². The molecule has 5 heteroatoms. The number of rotatable bonds is 3. The molecule has 2 N–H and O–H groups in total. The number of carbonyl (C=O) groups excluding carboxylic acids is 1. The van der Waals surface area contributed by atoms with Gasteiger partial charge in [-0.1, -0.05) is 13.8 Å². The molecular weight excluding hydrogens is 256 g/mol. The topological polar surface area (TPSA) is 69.6 Å². The third kappa shape index (κ3) is 3.14. The molecular formula is C15H26N2O3. The first kappa shape index (κ1) is 15.3. The van der Waals surface area contributed by atoms with E-state index in [4.69, 9.17) is 5.11 Å². The van der Waals surface area contributed by atoms with E-state index in [1.54, 1.807) is 4.90 Å². The van der Waals surface area contributed by atoms with Crippen LogP contribution in [-0.2, 0) is 9.59 Å². The van der Waals surface area contributed by atoms with Crippen molar-refractivity contribution in [2.75, 3.05) is 26.2 Å². The number of aliphatic carboxylic acids is 1. The van der Waals surface area contributed by atoms with E-state index in [1.807, 2.05) is 13.8 Å². The smallest absolute Gasteiger partial charge is 0.308 e. The summed E-state index contributed by atoms with van der Waals surface area (Å²) < 4.78 is 0. The van der Waals surface area contributed by atoms with Gasteiger partial charge in [0.05, 0.1) is 5.92 Å². The fourth-order valence-electron chi connectivity index (χ4n) is 3.41. The maximum absolute atomic E-state index is 12.8. The third-order valence-corrected chi connectivity index (χ3v) is 4.93.